The van der Waals surface area contributed by atoms with E-state index in [1.165, 1.54) is 193 Å². The Morgan fingerprint density at radius 1 is 0.265 bits per heavy atom. The number of rotatable bonds is 63. The van der Waals surface area contributed by atoms with Crippen LogP contribution in [0.5, 0.6) is 0 Å². The molecular weight excluding hydrogens is 1020 g/mol. The molecule has 1 unspecified atom stereocenters. The van der Waals surface area contributed by atoms with Gasteiger partial charge in [0.25, 0.3) is 0 Å². The summed E-state index contributed by atoms with van der Waals surface area (Å²) in [5.74, 6) is -1.04. The Hall–Kier alpha value is -4.19. The van der Waals surface area contributed by atoms with E-state index in [9.17, 15) is 14.4 Å². The van der Waals surface area contributed by atoms with Crippen LogP contribution in [-0.2, 0) is 28.6 Å². The molecule has 83 heavy (non-hydrogen) atoms. The van der Waals surface area contributed by atoms with Crippen LogP contribution in [0.4, 0.5) is 0 Å². The predicted molar refractivity (Wildman–Crippen MR) is 362 cm³/mol. The smallest absolute Gasteiger partial charge is 0.309 e. The summed E-state index contributed by atoms with van der Waals surface area (Å²) in [7, 11) is 0. The van der Waals surface area contributed by atoms with Crippen molar-refractivity contribution in [3.8, 4) is 0 Å². The van der Waals surface area contributed by atoms with Crippen LogP contribution in [-0.4, -0.2) is 37.2 Å². The summed E-state index contributed by atoms with van der Waals surface area (Å²) in [6.07, 6.45) is 98.3. The minimum atomic E-state index is -0.825. The maximum Gasteiger partial charge on any atom is 0.309 e. The summed E-state index contributed by atoms with van der Waals surface area (Å²) in [5.41, 5.74) is 0. The Morgan fingerprint density at radius 2 is 0.518 bits per heavy atom. The van der Waals surface area contributed by atoms with E-state index in [4.69, 9.17) is 14.2 Å². The Kier molecular flexibility index (Phi) is 66.7. The lowest BCUT2D eigenvalue weighted by molar-refractivity contribution is -0.166. The fourth-order valence-electron chi connectivity index (χ4n) is 9.73. The largest absolute Gasteiger partial charge is 0.462 e. The molecule has 474 valence electrons. The summed E-state index contributed by atoms with van der Waals surface area (Å²) in [6.45, 7) is 6.42. The summed E-state index contributed by atoms with van der Waals surface area (Å²) >= 11 is 0. The molecule has 0 N–H and O–H groups in total. The quantitative estimate of drug-likeness (QED) is 0.0261. The molecule has 0 fully saturated rings. The number of unbranched alkanes of at least 4 members (excludes halogenated alkanes) is 33. The lowest BCUT2D eigenvalue weighted by Crippen LogP contribution is -2.30. The third-order valence-corrected chi connectivity index (χ3v) is 15.0. The zero-order valence-corrected chi connectivity index (χ0v) is 54.4. The van der Waals surface area contributed by atoms with Crippen LogP contribution in [0, 0.1) is 0 Å². The van der Waals surface area contributed by atoms with Crippen LogP contribution < -0.4 is 0 Å². The number of carbonyl (C=O) groups is 3. The average Bonchev–Trinajstić information content (AvgIpc) is 3.49. The minimum Gasteiger partial charge on any atom is -0.462 e. The molecule has 0 aliphatic rings. The van der Waals surface area contributed by atoms with Crippen LogP contribution in [0.15, 0.2) is 122 Å². The van der Waals surface area contributed by atoms with E-state index in [2.05, 4.69) is 130 Å². The van der Waals surface area contributed by atoms with Gasteiger partial charge in [0.15, 0.2) is 6.10 Å². The molecule has 0 saturated heterocycles. The number of hydrogen-bond acceptors (Lipinski definition) is 6. The highest BCUT2D eigenvalue weighted by atomic mass is 16.6. The highest BCUT2D eigenvalue weighted by Crippen LogP contribution is 2.17. The number of carbonyl (C=O) groups excluding carboxylic acids is 3. The molecule has 0 aliphatic carbocycles. The van der Waals surface area contributed by atoms with E-state index in [1.807, 2.05) is 6.08 Å². The van der Waals surface area contributed by atoms with E-state index in [1.54, 1.807) is 6.08 Å². The Morgan fingerprint density at radius 3 is 0.867 bits per heavy atom. The van der Waals surface area contributed by atoms with Gasteiger partial charge < -0.3 is 14.2 Å². The van der Waals surface area contributed by atoms with Crippen molar-refractivity contribution in [1.82, 2.24) is 0 Å². The van der Waals surface area contributed by atoms with Gasteiger partial charge in [0.1, 0.15) is 13.2 Å². The first-order valence-electron chi connectivity index (χ1n) is 35.0. The van der Waals surface area contributed by atoms with Gasteiger partial charge in [-0.25, -0.2) is 0 Å². The highest BCUT2D eigenvalue weighted by molar-refractivity contribution is 5.72. The molecule has 0 heterocycles. The highest BCUT2D eigenvalue weighted by Gasteiger charge is 2.19. The van der Waals surface area contributed by atoms with Crippen LogP contribution >= 0.6 is 0 Å². The first kappa shape index (κ1) is 78.8. The molecule has 0 aromatic heterocycles. The minimum absolute atomic E-state index is 0.111. The summed E-state index contributed by atoms with van der Waals surface area (Å²) in [4.78, 5) is 38.3. The van der Waals surface area contributed by atoms with E-state index < -0.39 is 12.1 Å². The lowest BCUT2D eigenvalue weighted by atomic mass is 10.0. The molecule has 0 aromatic rings. The summed E-state index contributed by atoms with van der Waals surface area (Å²) < 4.78 is 16.8. The van der Waals surface area contributed by atoms with Crippen LogP contribution in [0.3, 0.4) is 0 Å². The molecule has 0 spiro atoms. The first-order chi connectivity index (χ1) is 41.0. The second-order valence-electron chi connectivity index (χ2n) is 23.1. The molecule has 6 heteroatoms. The summed E-state index contributed by atoms with van der Waals surface area (Å²) in [5, 5.41) is 0. The Balaban J connectivity index is 4.26. The van der Waals surface area contributed by atoms with Gasteiger partial charge in [0, 0.05) is 12.8 Å². The van der Waals surface area contributed by atoms with Gasteiger partial charge in [-0.15, -0.1) is 0 Å². The third-order valence-electron chi connectivity index (χ3n) is 15.0. The van der Waals surface area contributed by atoms with E-state index in [0.717, 1.165) is 96.3 Å². The normalized spacial score (nSPS) is 12.9. The average molecular weight is 1150 g/mol. The maximum absolute atomic E-state index is 12.9. The number of ether oxygens (including phenoxy) is 3. The van der Waals surface area contributed by atoms with Crippen molar-refractivity contribution in [2.24, 2.45) is 0 Å². The van der Waals surface area contributed by atoms with Crippen molar-refractivity contribution >= 4 is 17.9 Å². The van der Waals surface area contributed by atoms with Gasteiger partial charge in [-0.1, -0.05) is 316 Å². The molecule has 0 amide bonds. The molecular formula is C77H130O6. The van der Waals surface area contributed by atoms with Crippen LogP contribution in [0.25, 0.3) is 0 Å². The second kappa shape index (κ2) is 70.3. The molecule has 0 bridgehead atoms. The first-order valence-corrected chi connectivity index (χ1v) is 35.0. The summed E-state index contributed by atoms with van der Waals surface area (Å²) in [6, 6.07) is 0. The fraction of sp³-hybridized carbons (Fsp3) is 0.701. The zero-order chi connectivity index (χ0) is 59.9. The molecule has 0 radical (unpaired) electrons. The molecule has 0 saturated carbocycles. The van der Waals surface area contributed by atoms with Gasteiger partial charge in [-0.3, -0.25) is 14.4 Å². The van der Waals surface area contributed by atoms with Crippen molar-refractivity contribution in [3.05, 3.63) is 122 Å². The molecule has 1 atom stereocenters. The lowest BCUT2D eigenvalue weighted by Gasteiger charge is -2.18. The molecule has 6 nitrogen and oxygen atoms in total. The zero-order valence-electron chi connectivity index (χ0n) is 54.4. The number of esters is 3. The Bertz CT molecular complexity index is 1700. The standard InChI is InChI=1S/C77H130O6/c1-4-7-10-13-16-19-22-25-28-30-31-32-33-34-35-36-37-38-39-40-41-42-43-44-45-47-49-52-55-58-61-64-67-70-76(79)82-73-74(72-81-75(78)69-66-63-60-57-54-51-48-27-24-21-18-15-12-9-6-3)83-77(80)71-68-65-62-59-56-53-50-46-29-26-23-20-17-14-11-8-5-2/h9,12,17-18,20-22,25-27,29-31,33-34,48,54,57,63,66,74H,4-8,10-11,13-16,19,23-24,28,32,35-47,49-53,55-56,58-62,64-65,67-73H2,1-3H3/b12-9-,20-17-,21-18-,25-22-,29-26-,31-30-,34-33-,48-27-,57-54-,66-63-. The van der Waals surface area contributed by atoms with Crippen LogP contribution in [0.1, 0.15) is 329 Å². The van der Waals surface area contributed by atoms with Crippen molar-refractivity contribution in [2.75, 3.05) is 13.2 Å². The SMILES string of the molecule is CC/C=C\C/C=C\C/C=C\C/C=C\C/C=C\CC(=O)OCC(COC(=O)CCCCCCCCCCCCCCCCCCCC/C=C\C/C=C\C/C=C\CCCCCCC)OC(=O)CCCCCCCCC/C=C\C/C=C\CCCCC. The van der Waals surface area contributed by atoms with Gasteiger partial charge in [0.2, 0.25) is 0 Å². The predicted octanol–water partition coefficient (Wildman–Crippen LogP) is 24.3. The van der Waals surface area contributed by atoms with Crippen molar-refractivity contribution in [3.63, 3.8) is 0 Å². The monoisotopic (exact) mass is 1150 g/mol. The Labute approximate surface area is 513 Å². The molecule has 0 aromatic carbocycles. The van der Waals surface area contributed by atoms with Crippen LogP contribution in [0.2, 0.25) is 0 Å². The van der Waals surface area contributed by atoms with E-state index in [0.29, 0.717) is 12.8 Å². The van der Waals surface area contributed by atoms with Crippen molar-refractivity contribution in [2.45, 2.75) is 335 Å². The van der Waals surface area contributed by atoms with E-state index >= 15 is 0 Å². The number of hydrogen-bond donors (Lipinski definition) is 0. The van der Waals surface area contributed by atoms with Gasteiger partial charge in [-0.05, 0) is 116 Å². The van der Waals surface area contributed by atoms with E-state index in [-0.39, 0.29) is 31.6 Å². The molecule has 0 aliphatic heterocycles. The van der Waals surface area contributed by atoms with Gasteiger partial charge >= 0.3 is 17.9 Å². The van der Waals surface area contributed by atoms with Gasteiger partial charge in [-0.2, -0.15) is 0 Å². The third kappa shape index (κ3) is 68.5. The maximum atomic E-state index is 12.9. The topological polar surface area (TPSA) is 78.9 Å². The number of allylic oxidation sites excluding steroid dienone is 19. The fourth-order valence-corrected chi connectivity index (χ4v) is 9.73. The van der Waals surface area contributed by atoms with Crippen molar-refractivity contribution in [1.29, 1.82) is 0 Å². The van der Waals surface area contributed by atoms with Gasteiger partial charge in [0.05, 0.1) is 6.42 Å². The van der Waals surface area contributed by atoms with Crippen molar-refractivity contribution < 1.29 is 28.6 Å². The molecule has 0 rings (SSSR count). The second-order valence-corrected chi connectivity index (χ2v) is 23.1.